The molecule has 1 atom stereocenters. The van der Waals surface area contributed by atoms with Crippen molar-refractivity contribution >= 4 is 23.5 Å². The lowest BCUT2D eigenvalue weighted by Gasteiger charge is -2.25. The Bertz CT molecular complexity index is 1070. The number of nitrogens with zero attached hydrogens (tertiary/aromatic N) is 1. The van der Waals surface area contributed by atoms with Gasteiger partial charge in [-0.15, -0.1) is 0 Å². The van der Waals surface area contributed by atoms with Gasteiger partial charge in [0.1, 0.15) is 12.1 Å². The number of para-hydroxylation sites is 1. The molecule has 0 aliphatic carbocycles. The highest BCUT2D eigenvalue weighted by molar-refractivity contribution is 6.10. The number of hydrogen-bond acceptors (Lipinski definition) is 3. The summed E-state index contributed by atoms with van der Waals surface area (Å²) < 4.78 is 0. The number of imide groups is 1. The predicted molar refractivity (Wildman–Crippen MR) is 136 cm³/mol. The lowest BCUT2D eigenvalue weighted by molar-refractivity contribution is -0.133. The highest BCUT2D eigenvalue weighted by Crippen LogP contribution is 2.33. The molecule has 2 aromatic rings. The van der Waals surface area contributed by atoms with Crippen molar-refractivity contribution in [2.45, 2.75) is 78.2 Å². The monoisotopic (exact) mass is 463 g/mol. The minimum absolute atomic E-state index is 0.0202. The van der Waals surface area contributed by atoms with Crippen LogP contribution in [0.2, 0.25) is 0 Å². The van der Waals surface area contributed by atoms with E-state index in [0.717, 1.165) is 27.3 Å². The van der Waals surface area contributed by atoms with Crippen molar-refractivity contribution in [1.29, 1.82) is 0 Å². The topological polar surface area (TPSA) is 78.5 Å². The van der Waals surface area contributed by atoms with E-state index in [1.807, 2.05) is 42.5 Å². The Morgan fingerprint density at radius 3 is 1.97 bits per heavy atom. The largest absolute Gasteiger partial charge is 0.325 e. The van der Waals surface area contributed by atoms with Gasteiger partial charge < -0.3 is 10.6 Å². The average molecular weight is 464 g/mol. The number of nitrogens with one attached hydrogen (secondary N) is 2. The number of urea groups is 1. The first-order chi connectivity index (χ1) is 15.8. The summed E-state index contributed by atoms with van der Waals surface area (Å²) in [5.41, 5.74) is 3.41. The smallest absolute Gasteiger partial charge is 0.324 e. The molecule has 0 aromatic heterocycles. The van der Waals surface area contributed by atoms with Crippen molar-refractivity contribution in [2.75, 3.05) is 11.9 Å². The zero-order valence-electron chi connectivity index (χ0n) is 21.6. The second-order valence-electron chi connectivity index (χ2n) is 10.9. The SMILES string of the molecule is CC(C)c1cccc(C(C)C)c1NC(=O)CN1C(=O)NC(C)(c2ccc(C(C)(C)C)cc2)C1=O. The molecule has 1 heterocycles. The van der Waals surface area contributed by atoms with Crippen molar-refractivity contribution in [3.63, 3.8) is 0 Å². The third-order valence-electron chi connectivity index (χ3n) is 6.54. The Kier molecular flexibility index (Phi) is 6.92. The summed E-state index contributed by atoms with van der Waals surface area (Å²) in [6.07, 6.45) is 0. The zero-order chi connectivity index (χ0) is 25.4. The van der Waals surface area contributed by atoms with Crippen LogP contribution in [0, 0.1) is 0 Å². The molecule has 182 valence electrons. The molecule has 4 amide bonds. The fraction of sp³-hybridized carbons (Fsp3) is 0.464. The summed E-state index contributed by atoms with van der Waals surface area (Å²) in [6, 6.07) is 13.1. The molecular formula is C28H37N3O3. The molecule has 2 aromatic carbocycles. The van der Waals surface area contributed by atoms with Gasteiger partial charge in [-0.25, -0.2) is 4.79 Å². The highest BCUT2D eigenvalue weighted by atomic mass is 16.2. The van der Waals surface area contributed by atoms with Crippen LogP contribution >= 0.6 is 0 Å². The molecule has 2 N–H and O–H groups in total. The van der Waals surface area contributed by atoms with Crippen LogP contribution in [0.1, 0.15) is 89.5 Å². The summed E-state index contributed by atoms with van der Waals surface area (Å²) in [5, 5.41) is 5.78. The van der Waals surface area contributed by atoms with Gasteiger partial charge in [0, 0.05) is 5.69 Å². The van der Waals surface area contributed by atoms with E-state index in [0.29, 0.717) is 5.56 Å². The lowest BCUT2D eigenvalue weighted by atomic mass is 9.84. The Labute approximate surface area is 203 Å². The van der Waals surface area contributed by atoms with E-state index in [1.54, 1.807) is 6.92 Å². The van der Waals surface area contributed by atoms with Gasteiger partial charge >= 0.3 is 6.03 Å². The summed E-state index contributed by atoms with van der Waals surface area (Å²) in [4.78, 5) is 40.1. The summed E-state index contributed by atoms with van der Waals surface area (Å²) in [6.45, 7) is 16.0. The molecule has 0 bridgehead atoms. The van der Waals surface area contributed by atoms with Crippen LogP contribution < -0.4 is 10.6 Å². The molecule has 1 aliphatic rings. The van der Waals surface area contributed by atoms with E-state index in [2.05, 4.69) is 59.1 Å². The van der Waals surface area contributed by atoms with Gasteiger partial charge in [0.05, 0.1) is 0 Å². The van der Waals surface area contributed by atoms with Crippen LogP contribution in [0.25, 0.3) is 0 Å². The summed E-state index contributed by atoms with van der Waals surface area (Å²) >= 11 is 0. The van der Waals surface area contributed by atoms with E-state index in [9.17, 15) is 14.4 Å². The number of amides is 4. The van der Waals surface area contributed by atoms with Crippen molar-refractivity contribution in [3.8, 4) is 0 Å². The van der Waals surface area contributed by atoms with Gasteiger partial charge in [-0.1, -0.05) is 90.9 Å². The fourth-order valence-corrected chi connectivity index (χ4v) is 4.36. The first-order valence-electron chi connectivity index (χ1n) is 11.9. The molecule has 0 spiro atoms. The van der Waals surface area contributed by atoms with Crippen LogP contribution in [0.5, 0.6) is 0 Å². The molecule has 0 radical (unpaired) electrons. The van der Waals surface area contributed by atoms with Crippen LogP contribution in [0.15, 0.2) is 42.5 Å². The molecule has 0 saturated carbocycles. The van der Waals surface area contributed by atoms with Crippen LogP contribution in [0.4, 0.5) is 10.5 Å². The van der Waals surface area contributed by atoms with Crippen molar-refractivity contribution in [2.24, 2.45) is 0 Å². The van der Waals surface area contributed by atoms with Gasteiger partial charge in [-0.3, -0.25) is 14.5 Å². The predicted octanol–water partition coefficient (Wildman–Crippen LogP) is 5.64. The van der Waals surface area contributed by atoms with Crippen LogP contribution in [-0.4, -0.2) is 29.3 Å². The molecule has 1 fully saturated rings. The van der Waals surface area contributed by atoms with E-state index in [1.165, 1.54) is 0 Å². The van der Waals surface area contributed by atoms with Gasteiger partial charge in [0.2, 0.25) is 5.91 Å². The minimum Gasteiger partial charge on any atom is -0.324 e. The first kappa shape index (κ1) is 25.5. The van der Waals surface area contributed by atoms with Crippen LogP contribution in [-0.2, 0) is 20.5 Å². The maximum absolute atomic E-state index is 13.3. The third-order valence-corrected chi connectivity index (χ3v) is 6.54. The van der Waals surface area contributed by atoms with Crippen molar-refractivity contribution in [1.82, 2.24) is 10.2 Å². The number of carbonyl (C=O) groups excluding carboxylic acids is 3. The second kappa shape index (κ2) is 9.24. The summed E-state index contributed by atoms with van der Waals surface area (Å²) in [7, 11) is 0. The quantitative estimate of drug-likeness (QED) is 0.545. The Balaban J connectivity index is 1.82. The Morgan fingerprint density at radius 2 is 1.50 bits per heavy atom. The molecule has 6 heteroatoms. The standard InChI is InChI=1S/C28H37N3O3/c1-17(2)21-10-9-11-22(18(3)4)24(21)29-23(32)16-31-25(33)28(8,30-26(31)34)20-14-12-19(13-15-20)27(5,6)7/h9-15,17-18H,16H2,1-8H3,(H,29,32)(H,30,34). The van der Waals surface area contributed by atoms with Gasteiger partial charge in [-0.2, -0.15) is 0 Å². The average Bonchev–Trinajstić information content (AvgIpc) is 2.97. The molecule has 1 saturated heterocycles. The molecule has 6 nitrogen and oxygen atoms in total. The van der Waals surface area contributed by atoms with Gasteiger partial charge in [-0.05, 0) is 46.4 Å². The van der Waals surface area contributed by atoms with Gasteiger partial charge in [0.15, 0.2) is 0 Å². The molecule has 3 rings (SSSR count). The van der Waals surface area contributed by atoms with Gasteiger partial charge in [0.25, 0.3) is 5.91 Å². The molecule has 1 unspecified atom stereocenters. The highest BCUT2D eigenvalue weighted by Gasteiger charge is 2.49. The molecule has 34 heavy (non-hydrogen) atoms. The van der Waals surface area contributed by atoms with E-state index in [4.69, 9.17) is 0 Å². The van der Waals surface area contributed by atoms with Crippen molar-refractivity contribution in [3.05, 3.63) is 64.7 Å². The van der Waals surface area contributed by atoms with Crippen LogP contribution in [0.3, 0.4) is 0 Å². The summed E-state index contributed by atoms with van der Waals surface area (Å²) in [5.74, 6) is -0.404. The zero-order valence-corrected chi connectivity index (χ0v) is 21.6. The maximum atomic E-state index is 13.3. The Hall–Kier alpha value is -3.15. The molecular weight excluding hydrogens is 426 g/mol. The lowest BCUT2D eigenvalue weighted by Crippen LogP contribution is -2.42. The number of benzene rings is 2. The van der Waals surface area contributed by atoms with E-state index >= 15 is 0 Å². The molecule has 1 aliphatic heterocycles. The minimum atomic E-state index is -1.22. The normalized spacial score (nSPS) is 18.6. The first-order valence-corrected chi connectivity index (χ1v) is 11.9. The third kappa shape index (κ3) is 4.86. The number of anilines is 1. The van der Waals surface area contributed by atoms with E-state index < -0.39 is 23.4 Å². The van der Waals surface area contributed by atoms with E-state index in [-0.39, 0.29) is 23.8 Å². The fourth-order valence-electron chi connectivity index (χ4n) is 4.36. The number of hydrogen-bond donors (Lipinski definition) is 2. The number of carbonyl (C=O) groups is 3. The van der Waals surface area contributed by atoms with Crippen molar-refractivity contribution < 1.29 is 14.4 Å². The second-order valence-corrected chi connectivity index (χ2v) is 10.9. The maximum Gasteiger partial charge on any atom is 0.325 e. The Morgan fingerprint density at radius 1 is 0.971 bits per heavy atom. The number of rotatable bonds is 6.